The molecule has 0 bridgehead atoms. The molecule has 1 N–H and O–H groups in total. The number of allylic oxidation sites excluding steroid dienone is 1. The van der Waals surface area contributed by atoms with Crippen molar-refractivity contribution < 1.29 is 42.9 Å². The maximum absolute atomic E-state index is 12.6. The van der Waals surface area contributed by atoms with Crippen molar-refractivity contribution in [2.75, 3.05) is 6.61 Å². The molecule has 6 rings (SSSR count). The smallest absolute Gasteiger partial charge is 0.302 e. The van der Waals surface area contributed by atoms with Crippen LogP contribution < -0.4 is 0 Å². The second kappa shape index (κ2) is 9.17. The molecule has 0 amide bonds. The Morgan fingerprint density at radius 1 is 0.902 bits per heavy atom. The third kappa shape index (κ3) is 3.63. The van der Waals surface area contributed by atoms with Crippen LogP contribution in [0.1, 0.15) is 79.2 Å². The second-order valence-electron chi connectivity index (χ2n) is 13.9. The monoisotopic (exact) mass is 570 g/mol. The highest BCUT2D eigenvalue weighted by molar-refractivity contribution is 5.67. The van der Waals surface area contributed by atoms with Crippen molar-refractivity contribution in [1.29, 1.82) is 0 Å². The zero-order valence-corrected chi connectivity index (χ0v) is 25.0. The van der Waals surface area contributed by atoms with Gasteiger partial charge in [-0.15, -0.1) is 0 Å². The van der Waals surface area contributed by atoms with E-state index < -0.39 is 64.1 Å². The van der Waals surface area contributed by atoms with Gasteiger partial charge in [0, 0.05) is 60.7 Å². The summed E-state index contributed by atoms with van der Waals surface area (Å²) in [4.78, 5) is 37.3. The number of aliphatic hydroxyl groups is 1. The SMILES string of the molecule is CC(=O)O[C@H]1C[C@H]2[C@](C)(C3=CC[C@@H](c4ccoc4)[C@@]31C)[C@H](O)[C@@H]1OC[C@@]3(C)C1[C@]2(C)[C@@H](OC(C)=O)C[C@H]3OC(C)=O. The van der Waals surface area contributed by atoms with E-state index in [1.165, 1.54) is 20.8 Å². The molecule has 12 atom stereocenters. The van der Waals surface area contributed by atoms with Gasteiger partial charge in [0.15, 0.2) is 0 Å². The average molecular weight is 571 g/mol. The van der Waals surface area contributed by atoms with Crippen molar-refractivity contribution >= 4 is 17.9 Å². The van der Waals surface area contributed by atoms with Crippen LogP contribution in [0.15, 0.2) is 34.7 Å². The Bertz CT molecular complexity index is 1290. The van der Waals surface area contributed by atoms with Gasteiger partial charge in [0.25, 0.3) is 0 Å². The highest BCUT2D eigenvalue weighted by atomic mass is 16.6. The lowest BCUT2D eigenvalue weighted by atomic mass is 9.36. The van der Waals surface area contributed by atoms with Gasteiger partial charge in [-0.2, -0.15) is 0 Å². The molecule has 9 heteroatoms. The minimum atomic E-state index is -0.881. The molecule has 1 unspecified atom stereocenters. The summed E-state index contributed by atoms with van der Waals surface area (Å²) in [6.07, 6.45) is 4.06. The molecule has 4 aliphatic carbocycles. The Labute approximate surface area is 240 Å². The number of esters is 3. The van der Waals surface area contributed by atoms with Crippen LogP contribution in [0.25, 0.3) is 0 Å². The van der Waals surface area contributed by atoms with E-state index in [-0.39, 0.29) is 23.7 Å². The first-order valence-electron chi connectivity index (χ1n) is 14.7. The van der Waals surface area contributed by atoms with Gasteiger partial charge in [0.1, 0.15) is 18.3 Å². The van der Waals surface area contributed by atoms with Gasteiger partial charge in [-0.1, -0.05) is 39.3 Å². The van der Waals surface area contributed by atoms with E-state index in [1.54, 1.807) is 12.5 Å². The second-order valence-corrected chi connectivity index (χ2v) is 13.9. The summed E-state index contributed by atoms with van der Waals surface area (Å²) in [6, 6.07) is 1.96. The van der Waals surface area contributed by atoms with Gasteiger partial charge in [0.05, 0.1) is 31.3 Å². The van der Waals surface area contributed by atoms with Crippen LogP contribution in [0.2, 0.25) is 0 Å². The van der Waals surface area contributed by atoms with Crippen LogP contribution >= 0.6 is 0 Å². The van der Waals surface area contributed by atoms with E-state index in [1.807, 2.05) is 6.07 Å². The van der Waals surface area contributed by atoms with Crippen LogP contribution in [0.3, 0.4) is 0 Å². The summed E-state index contributed by atoms with van der Waals surface area (Å²) in [5, 5.41) is 12.4. The molecule has 1 aromatic rings. The molecular weight excluding hydrogens is 528 g/mol. The Morgan fingerprint density at radius 2 is 1.54 bits per heavy atom. The maximum Gasteiger partial charge on any atom is 0.302 e. The van der Waals surface area contributed by atoms with Gasteiger partial charge in [0.2, 0.25) is 0 Å². The van der Waals surface area contributed by atoms with Crippen molar-refractivity contribution in [1.82, 2.24) is 0 Å². The Morgan fingerprint density at radius 3 is 2.15 bits per heavy atom. The van der Waals surface area contributed by atoms with Crippen molar-refractivity contribution in [2.45, 2.75) is 104 Å². The Hall–Kier alpha value is -2.65. The van der Waals surface area contributed by atoms with Crippen LogP contribution in [-0.2, 0) is 33.3 Å². The van der Waals surface area contributed by atoms with Crippen LogP contribution in [0, 0.1) is 33.5 Å². The highest BCUT2D eigenvalue weighted by Gasteiger charge is 2.78. The van der Waals surface area contributed by atoms with E-state index in [9.17, 15) is 19.5 Å². The minimum absolute atomic E-state index is 0.00478. The molecule has 2 heterocycles. The Balaban J connectivity index is 1.54. The van der Waals surface area contributed by atoms with E-state index in [0.29, 0.717) is 25.9 Å². The zero-order chi connectivity index (χ0) is 29.7. The third-order valence-corrected chi connectivity index (χ3v) is 12.0. The molecule has 41 heavy (non-hydrogen) atoms. The molecule has 0 radical (unpaired) electrons. The van der Waals surface area contributed by atoms with Crippen molar-refractivity contribution in [2.24, 2.45) is 33.5 Å². The largest absolute Gasteiger partial charge is 0.472 e. The zero-order valence-electron chi connectivity index (χ0n) is 25.0. The predicted octanol–water partition coefficient (Wildman–Crippen LogP) is 4.33. The molecule has 9 nitrogen and oxygen atoms in total. The van der Waals surface area contributed by atoms with Crippen molar-refractivity contribution in [3.05, 3.63) is 35.8 Å². The summed E-state index contributed by atoms with van der Waals surface area (Å²) >= 11 is 0. The quantitative estimate of drug-likeness (QED) is 0.320. The maximum atomic E-state index is 12.6. The van der Waals surface area contributed by atoms with Crippen LogP contribution in [-0.4, -0.2) is 60.1 Å². The van der Waals surface area contributed by atoms with E-state index in [0.717, 1.165) is 11.1 Å². The van der Waals surface area contributed by atoms with Gasteiger partial charge in [-0.3, -0.25) is 14.4 Å². The van der Waals surface area contributed by atoms with Gasteiger partial charge in [-0.05, 0) is 30.4 Å². The first-order chi connectivity index (χ1) is 19.2. The number of rotatable bonds is 4. The summed E-state index contributed by atoms with van der Waals surface area (Å²) < 4.78 is 30.1. The van der Waals surface area contributed by atoms with E-state index in [2.05, 4.69) is 33.8 Å². The molecule has 224 valence electrons. The first-order valence-corrected chi connectivity index (χ1v) is 14.7. The molecule has 4 fully saturated rings. The Kier molecular flexibility index (Phi) is 6.37. The fourth-order valence-electron chi connectivity index (χ4n) is 10.5. The minimum Gasteiger partial charge on any atom is -0.472 e. The van der Waals surface area contributed by atoms with Crippen LogP contribution in [0.4, 0.5) is 0 Å². The lowest BCUT2D eigenvalue weighted by Gasteiger charge is -2.70. The van der Waals surface area contributed by atoms with Gasteiger partial charge in [-0.25, -0.2) is 0 Å². The molecule has 0 spiro atoms. The molecular formula is C32H42O9. The predicted molar refractivity (Wildman–Crippen MR) is 145 cm³/mol. The van der Waals surface area contributed by atoms with Crippen molar-refractivity contribution in [3.63, 3.8) is 0 Å². The summed E-state index contributed by atoms with van der Waals surface area (Å²) in [7, 11) is 0. The molecule has 0 aromatic carbocycles. The lowest BCUT2D eigenvalue weighted by Crippen LogP contribution is -2.74. The van der Waals surface area contributed by atoms with Gasteiger partial charge < -0.3 is 28.5 Å². The van der Waals surface area contributed by atoms with E-state index >= 15 is 0 Å². The number of carbonyl (C=O) groups is 3. The van der Waals surface area contributed by atoms with Crippen molar-refractivity contribution in [3.8, 4) is 0 Å². The fraction of sp³-hybridized carbons (Fsp3) is 0.719. The topological polar surface area (TPSA) is 122 Å². The van der Waals surface area contributed by atoms with Crippen LogP contribution in [0.5, 0.6) is 0 Å². The average Bonchev–Trinajstić information content (AvgIpc) is 3.60. The van der Waals surface area contributed by atoms with Gasteiger partial charge >= 0.3 is 17.9 Å². The summed E-state index contributed by atoms with van der Waals surface area (Å²) in [5.41, 5.74) is -0.578. The molecule has 1 aromatic heterocycles. The normalized spacial score (nSPS) is 47.9. The molecule has 3 saturated carbocycles. The number of aliphatic hydroxyl groups excluding tert-OH is 1. The number of fused-ring (bicyclic) bond motifs is 4. The molecule has 1 saturated heterocycles. The standard InChI is InChI=1S/C32H42O9/c1-16(33)39-23-13-25(41-18(3)35)32(7)22-12-24(40-17(2)34)30(5)20(19-10-11-37-14-19)8-9-21(30)31(22,6)28(36)26-27(32)29(23,4)15-38-26/h9-11,14,20,22-28,36H,8,12-13,15H2,1-7H3/t20-,22-,23+,24-,25-,26+,27?,28+,29+,30-,31-,32-/m0/s1. The third-order valence-electron chi connectivity index (χ3n) is 12.0. The first kappa shape index (κ1) is 28.5. The molecule has 1 aliphatic heterocycles. The summed E-state index contributed by atoms with van der Waals surface area (Å²) in [6.45, 7) is 13.0. The number of furan rings is 1. The fourth-order valence-corrected chi connectivity index (χ4v) is 10.5. The van der Waals surface area contributed by atoms with E-state index in [4.69, 9.17) is 23.4 Å². The number of ether oxygens (including phenoxy) is 4. The highest BCUT2D eigenvalue weighted by Crippen LogP contribution is 2.75. The number of hydrogen-bond acceptors (Lipinski definition) is 9. The molecule has 5 aliphatic rings. The lowest BCUT2D eigenvalue weighted by molar-refractivity contribution is -0.271. The number of hydrogen-bond donors (Lipinski definition) is 1. The summed E-state index contributed by atoms with van der Waals surface area (Å²) in [5.74, 6) is -1.70. The number of carbonyl (C=O) groups excluding carboxylic acids is 3.